The van der Waals surface area contributed by atoms with Crippen molar-refractivity contribution in [2.45, 2.75) is 44.7 Å². The summed E-state index contributed by atoms with van der Waals surface area (Å²) in [5, 5.41) is 9.15. The SMILES string of the molecule is C=Cc1nc(C2CCCC(c3ncccc3C)N2CCC#N)cn1C=C. The number of aromatic nitrogens is 3. The lowest BCUT2D eigenvalue weighted by atomic mass is 9.90. The normalized spacial score (nSPS) is 20.5. The highest BCUT2D eigenvalue weighted by atomic mass is 15.2. The molecule has 1 fully saturated rings. The third-order valence-electron chi connectivity index (χ3n) is 5.10. The lowest BCUT2D eigenvalue weighted by Gasteiger charge is -2.41. The van der Waals surface area contributed by atoms with E-state index in [9.17, 15) is 0 Å². The first-order valence-electron chi connectivity index (χ1n) is 9.07. The second kappa shape index (κ2) is 8.11. The molecule has 0 aromatic carbocycles. The van der Waals surface area contributed by atoms with Crippen molar-refractivity contribution < 1.29 is 0 Å². The van der Waals surface area contributed by atoms with Gasteiger partial charge in [-0.1, -0.05) is 19.2 Å². The van der Waals surface area contributed by atoms with E-state index < -0.39 is 0 Å². The fourth-order valence-corrected chi connectivity index (χ4v) is 3.89. The van der Waals surface area contributed by atoms with Crippen molar-refractivity contribution in [2.24, 2.45) is 0 Å². The highest BCUT2D eigenvalue weighted by Gasteiger charge is 2.35. The third kappa shape index (κ3) is 3.47. The van der Waals surface area contributed by atoms with Gasteiger partial charge in [-0.3, -0.25) is 9.88 Å². The molecule has 2 aromatic heterocycles. The van der Waals surface area contributed by atoms with Gasteiger partial charge in [-0.2, -0.15) is 5.26 Å². The van der Waals surface area contributed by atoms with Gasteiger partial charge in [0.05, 0.1) is 29.5 Å². The van der Waals surface area contributed by atoms with Crippen LogP contribution in [0.5, 0.6) is 0 Å². The number of nitrogens with zero attached hydrogens (tertiary/aromatic N) is 5. The molecular weight excluding hydrogens is 322 g/mol. The summed E-state index contributed by atoms with van der Waals surface area (Å²) in [5.74, 6) is 0.798. The molecule has 2 atom stereocenters. The number of likely N-dealkylation sites (tertiary alicyclic amines) is 1. The smallest absolute Gasteiger partial charge is 0.136 e. The van der Waals surface area contributed by atoms with Gasteiger partial charge in [0, 0.05) is 31.6 Å². The fourth-order valence-electron chi connectivity index (χ4n) is 3.89. The van der Waals surface area contributed by atoms with Crippen molar-refractivity contribution in [3.63, 3.8) is 0 Å². The van der Waals surface area contributed by atoms with Crippen LogP contribution in [0.25, 0.3) is 12.3 Å². The molecule has 0 spiro atoms. The maximum absolute atomic E-state index is 9.15. The molecule has 2 unspecified atom stereocenters. The lowest BCUT2D eigenvalue weighted by Crippen LogP contribution is -2.38. The van der Waals surface area contributed by atoms with Gasteiger partial charge in [0.15, 0.2) is 0 Å². The predicted molar refractivity (Wildman–Crippen MR) is 104 cm³/mol. The molecule has 1 aliphatic rings. The van der Waals surface area contributed by atoms with Gasteiger partial charge in [-0.15, -0.1) is 0 Å². The number of piperidine rings is 1. The Morgan fingerprint density at radius 3 is 2.81 bits per heavy atom. The summed E-state index contributed by atoms with van der Waals surface area (Å²) in [5.41, 5.74) is 3.32. The van der Waals surface area contributed by atoms with Crippen LogP contribution in [0.15, 0.2) is 37.7 Å². The average molecular weight is 347 g/mol. The summed E-state index contributed by atoms with van der Waals surface area (Å²) in [6.45, 7) is 10.5. The van der Waals surface area contributed by atoms with Crippen LogP contribution >= 0.6 is 0 Å². The molecule has 0 saturated carbocycles. The van der Waals surface area contributed by atoms with E-state index in [1.54, 1.807) is 12.3 Å². The largest absolute Gasteiger partial charge is 0.307 e. The molecule has 5 nitrogen and oxygen atoms in total. The minimum atomic E-state index is 0.170. The van der Waals surface area contributed by atoms with Crippen LogP contribution in [0, 0.1) is 18.3 Å². The molecule has 0 amide bonds. The lowest BCUT2D eigenvalue weighted by molar-refractivity contribution is 0.0793. The van der Waals surface area contributed by atoms with Gasteiger partial charge in [-0.25, -0.2) is 4.98 Å². The predicted octanol–water partition coefficient (Wildman–Crippen LogP) is 4.51. The van der Waals surface area contributed by atoms with Gasteiger partial charge in [0.2, 0.25) is 0 Å². The number of aryl methyl sites for hydroxylation is 1. The van der Waals surface area contributed by atoms with Crippen molar-refractivity contribution >= 4 is 12.3 Å². The summed E-state index contributed by atoms with van der Waals surface area (Å²) in [6, 6.07) is 6.76. The molecule has 5 heteroatoms. The molecule has 3 heterocycles. The Balaban J connectivity index is 1.99. The number of hydrogen-bond donors (Lipinski definition) is 0. The molecule has 2 aromatic rings. The molecule has 134 valence electrons. The maximum Gasteiger partial charge on any atom is 0.136 e. The van der Waals surface area contributed by atoms with Crippen molar-refractivity contribution in [2.75, 3.05) is 6.54 Å². The molecule has 0 N–H and O–H groups in total. The summed E-state index contributed by atoms with van der Waals surface area (Å²) in [4.78, 5) is 11.8. The zero-order chi connectivity index (χ0) is 18.5. The van der Waals surface area contributed by atoms with Gasteiger partial charge < -0.3 is 4.57 Å². The highest BCUT2D eigenvalue weighted by molar-refractivity contribution is 5.43. The first kappa shape index (κ1) is 18.1. The molecule has 3 rings (SSSR count). The zero-order valence-corrected chi connectivity index (χ0v) is 15.3. The van der Waals surface area contributed by atoms with Crippen LogP contribution in [0.2, 0.25) is 0 Å². The van der Waals surface area contributed by atoms with Crippen molar-refractivity contribution in [3.05, 3.63) is 60.5 Å². The maximum atomic E-state index is 9.15. The molecule has 0 aliphatic carbocycles. The molecule has 0 bridgehead atoms. The van der Waals surface area contributed by atoms with E-state index in [2.05, 4.69) is 42.1 Å². The van der Waals surface area contributed by atoms with E-state index in [0.29, 0.717) is 13.0 Å². The summed E-state index contributed by atoms with van der Waals surface area (Å²) in [7, 11) is 0. The Bertz CT molecular complexity index is 804. The number of pyridine rings is 1. The standard InChI is InChI=1S/C21H25N5/c1-4-20-24-17(15-25(20)5-2)18-10-6-11-19(26(18)14-8-12-22)21-16(3)9-7-13-23-21/h4-5,7,9,13,15,18-19H,1-2,6,8,10-11,14H2,3H3. The van der Waals surface area contributed by atoms with Crippen LogP contribution in [-0.4, -0.2) is 26.0 Å². The first-order valence-corrected chi connectivity index (χ1v) is 9.07. The number of nitriles is 1. The zero-order valence-electron chi connectivity index (χ0n) is 15.3. The van der Waals surface area contributed by atoms with Crippen molar-refractivity contribution in [1.29, 1.82) is 5.26 Å². The fraction of sp³-hybridized carbons (Fsp3) is 0.381. The summed E-state index contributed by atoms with van der Waals surface area (Å²) in [6.07, 6.45) is 11.1. The van der Waals surface area contributed by atoms with Crippen LogP contribution in [0.3, 0.4) is 0 Å². The summed E-state index contributed by atoms with van der Waals surface area (Å²) >= 11 is 0. The Labute approximate surface area is 155 Å². The van der Waals surface area contributed by atoms with E-state index >= 15 is 0 Å². The van der Waals surface area contributed by atoms with Gasteiger partial charge in [0.25, 0.3) is 0 Å². The monoisotopic (exact) mass is 347 g/mol. The van der Waals surface area contributed by atoms with Crippen molar-refractivity contribution in [1.82, 2.24) is 19.4 Å². The number of hydrogen-bond acceptors (Lipinski definition) is 4. The average Bonchev–Trinajstić information content (AvgIpc) is 3.10. The minimum absolute atomic E-state index is 0.170. The quantitative estimate of drug-likeness (QED) is 0.771. The second-order valence-corrected chi connectivity index (χ2v) is 6.63. The molecule has 26 heavy (non-hydrogen) atoms. The summed E-state index contributed by atoms with van der Waals surface area (Å²) < 4.78 is 1.90. The molecule has 0 radical (unpaired) electrons. The Morgan fingerprint density at radius 1 is 1.35 bits per heavy atom. The van der Waals surface area contributed by atoms with E-state index in [1.807, 2.05) is 23.0 Å². The minimum Gasteiger partial charge on any atom is -0.307 e. The molecular formula is C21H25N5. The third-order valence-corrected chi connectivity index (χ3v) is 5.10. The molecule has 1 saturated heterocycles. The van der Waals surface area contributed by atoms with Crippen LogP contribution in [-0.2, 0) is 0 Å². The number of imidazole rings is 1. The van der Waals surface area contributed by atoms with Gasteiger partial charge in [-0.05, 0) is 43.9 Å². The number of rotatable bonds is 6. The van der Waals surface area contributed by atoms with Crippen LogP contribution in [0.1, 0.15) is 60.5 Å². The first-order chi connectivity index (χ1) is 12.7. The van der Waals surface area contributed by atoms with Crippen molar-refractivity contribution in [3.8, 4) is 6.07 Å². The molecule has 1 aliphatic heterocycles. The van der Waals surface area contributed by atoms with E-state index in [4.69, 9.17) is 10.2 Å². The van der Waals surface area contributed by atoms with Gasteiger partial charge in [0.1, 0.15) is 5.82 Å². The van der Waals surface area contributed by atoms with E-state index in [0.717, 1.165) is 36.5 Å². The van der Waals surface area contributed by atoms with E-state index in [-0.39, 0.29) is 12.1 Å². The van der Waals surface area contributed by atoms with Crippen LogP contribution in [0.4, 0.5) is 0 Å². The Hall–Kier alpha value is -2.71. The highest BCUT2D eigenvalue weighted by Crippen LogP contribution is 2.41. The Morgan fingerprint density at radius 2 is 2.15 bits per heavy atom. The topological polar surface area (TPSA) is 57.7 Å². The van der Waals surface area contributed by atoms with Gasteiger partial charge >= 0.3 is 0 Å². The van der Waals surface area contributed by atoms with E-state index in [1.165, 1.54) is 5.56 Å². The second-order valence-electron chi connectivity index (χ2n) is 6.63. The van der Waals surface area contributed by atoms with Crippen LogP contribution < -0.4 is 0 Å². The Kier molecular flexibility index (Phi) is 5.65.